The van der Waals surface area contributed by atoms with Crippen LogP contribution in [0.3, 0.4) is 0 Å². The van der Waals surface area contributed by atoms with Gasteiger partial charge in [-0.1, -0.05) is 19.0 Å². The summed E-state index contributed by atoms with van der Waals surface area (Å²) in [4.78, 5) is 12.9. The van der Waals surface area contributed by atoms with Gasteiger partial charge in [0.2, 0.25) is 0 Å². The van der Waals surface area contributed by atoms with Gasteiger partial charge in [0.1, 0.15) is 5.69 Å². The summed E-state index contributed by atoms with van der Waals surface area (Å²) >= 11 is 0. The van der Waals surface area contributed by atoms with Gasteiger partial charge in [-0.2, -0.15) is 0 Å². The molecule has 0 radical (unpaired) electrons. The minimum Gasteiger partial charge on any atom is -0.409 e. The Morgan fingerprint density at radius 2 is 2.05 bits per heavy atom. The van der Waals surface area contributed by atoms with Crippen molar-refractivity contribution >= 4 is 17.2 Å². The molecule has 2 rings (SSSR count). The van der Waals surface area contributed by atoms with E-state index < -0.39 is 4.92 Å². The third kappa shape index (κ3) is 3.24. The van der Waals surface area contributed by atoms with Gasteiger partial charge in [0.05, 0.1) is 4.92 Å². The van der Waals surface area contributed by atoms with Crippen molar-refractivity contribution in [1.82, 2.24) is 0 Å². The number of nitrogens with zero attached hydrogens (tertiary/aromatic N) is 3. The molecule has 0 unspecified atom stereocenters. The molecule has 0 saturated carbocycles. The molecule has 1 aliphatic heterocycles. The van der Waals surface area contributed by atoms with Gasteiger partial charge in [-0.05, 0) is 30.4 Å². The molecule has 7 nitrogen and oxygen atoms in total. The normalized spacial score (nSPS) is 18.6. The second-order valence-corrected chi connectivity index (χ2v) is 6.10. The van der Waals surface area contributed by atoms with Crippen LogP contribution in [0.15, 0.2) is 23.4 Å². The quantitative estimate of drug-likeness (QED) is 0.292. The number of anilines is 1. The zero-order chi connectivity index (χ0) is 15.6. The fourth-order valence-corrected chi connectivity index (χ4v) is 2.51. The summed E-state index contributed by atoms with van der Waals surface area (Å²) in [6.07, 6.45) is 1.98. The van der Waals surface area contributed by atoms with Crippen LogP contribution in [0, 0.1) is 15.5 Å². The lowest BCUT2D eigenvalue weighted by atomic mass is 9.82. The van der Waals surface area contributed by atoms with E-state index in [2.05, 4.69) is 19.0 Å². The van der Waals surface area contributed by atoms with Gasteiger partial charge >= 0.3 is 0 Å². The van der Waals surface area contributed by atoms with Crippen molar-refractivity contribution in [3.63, 3.8) is 0 Å². The van der Waals surface area contributed by atoms with E-state index in [4.69, 9.17) is 10.9 Å². The van der Waals surface area contributed by atoms with Gasteiger partial charge in [0.25, 0.3) is 5.69 Å². The SMILES string of the molecule is CC1(C)CCN(c2ccc(C(N)=NO)cc2[N+](=O)[O-])CC1. The Morgan fingerprint density at radius 3 is 2.57 bits per heavy atom. The average molecular weight is 292 g/mol. The molecule has 1 aromatic carbocycles. The van der Waals surface area contributed by atoms with E-state index in [1.54, 1.807) is 12.1 Å². The van der Waals surface area contributed by atoms with Crippen LogP contribution in [-0.2, 0) is 0 Å². The molecule has 7 heteroatoms. The predicted octanol–water partition coefficient (Wildman–Crippen LogP) is 2.32. The van der Waals surface area contributed by atoms with E-state index in [1.807, 2.05) is 4.90 Å². The van der Waals surface area contributed by atoms with Crippen molar-refractivity contribution in [3.05, 3.63) is 33.9 Å². The van der Waals surface area contributed by atoms with Crippen molar-refractivity contribution in [2.45, 2.75) is 26.7 Å². The Bertz CT molecular complexity index is 574. The summed E-state index contributed by atoms with van der Waals surface area (Å²) < 4.78 is 0. The highest BCUT2D eigenvalue weighted by Crippen LogP contribution is 2.36. The van der Waals surface area contributed by atoms with Crippen LogP contribution < -0.4 is 10.6 Å². The van der Waals surface area contributed by atoms with E-state index in [0.29, 0.717) is 11.3 Å². The molecule has 0 spiro atoms. The average Bonchev–Trinajstić information content (AvgIpc) is 2.46. The molecule has 1 fully saturated rings. The highest BCUT2D eigenvalue weighted by molar-refractivity contribution is 5.98. The Balaban J connectivity index is 2.34. The van der Waals surface area contributed by atoms with Crippen molar-refractivity contribution in [3.8, 4) is 0 Å². The van der Waals surface area contributed by atoms with Crippen LogP contribution >= 0.6 is 0 Å². The Hall–Kier alpha value is -2.31. The van der Waals surface area contributed by atoms with Gasteiger partial charge in [-0.25, -0.2) is 0 Å². The molecule has 0 aliphatic carbocycles. The second kappa shape index (κ2) is 5.59. The molecule has 3 N–H and O–H groups in total. The molecule has 1 heterocycles. The first-order valence-corrected chi connectivity index (χ1v) is 6.85. The molecular formula is C14H20N4O3. The van der Waals surface area contributed by atoms with Gasteiger partial charge in [-0.15, -0.1) is 0 Å². The minimum atomic E-state index is -0.427. The van der Waals surface area contributed by atoms with E-state index in [-0.39, 0.29) is 16.9 Å². The number of nitrogens with two attached hydrogens (primary N) is 1. The second-order valence-electron chi connectivity index (χ2n) is 6.10. The number of piperidine rings is 1. The van der Waals surface area contributed by atoms with Gasteiger partial charge in [0.15, 0.2) is 5.84 Å². The van der Waals surface area contributed by atoms with Crippen molar-refractivity contribution in [2.24, 2.45) is 16.3 Å². The van der Waals surface area contributed by atoms with Gasteiger partial charge < -0.3 is 15.8 Å². The van der Waals surface area contributed by atoms with Crippen molar-refractivity contribution < 1.29 is 10.1 Å². The molecule has 0 amide bonds. The fourth-order valence-electron chi connectivity index (χ4n) is 2.51. The Morgan fingerprint density at radius 1 is 1.43 bits per heavy atom. The Labute approximate surface area is 123 Å². The summed E-state index contributed by atoms with van der Waals surface area (Å²) in [6, 6.07) is 4.66. The van der Waals surface area contributed by atoms with Crippen LogP contribution in [0.4, 0.5) is 11.4 Å². The molecule has 0 aromatic heterocycles. The number of benzene rings is 1. The lowest BCUT2D eigenvalue weighted by molar-refractivity contribution is -0.384. The van der Waals surface area contributed by atoms with E-state index >= 15 is 0 Å². The molecule has 1 aromatic rings. The summed E-state index contributed by atoms with van der Waals surface area (Å²) in [6.45, 7) is 5.99. The number of oxime groups is 1. The Kier molecular flexibility index (Phi) is 4.02. The number of nitro groups is 1. The largest absolute Gasteiger partial charge is 0.409 e. The number of hydrogen-bond acceptors (Lipinski definition) is 5. The van der Waals surface area contributed by atoms with E-state index in [1.165, 1.54) is 6.07 Å². The van der Waals surface area contributed by atoms with E-state index in [0.717, 1.165) is 25.9 Å². The highest BCUT2D eigenvalue weighted by Gasteiger charge is 2.29. The number of amidine groups is 1. The zero-order valence-corrected chi connectivity index (χ0v) is 12.2. The van der Waals surface area contributed by atoms with Crippen LogP contribution in [0.5, 0.6) is 0 Å². The third-order valence-corrected chi connectivity index (χ3v) is 4.03. The fraction of sp³-hybridized carbons (Fsp3) is 0.500. The zero-order valence-electron chi connectivity index (χ0n) is 12.2. The molecule has 0 atom stereocenters. The molecule has 1 saturated heterocycles. The van der Waals surface area contributed by atoms with E-state index in [9.17, 15) is 10.1 Å². The standard InChI is InChI=1S/C14H20N4O3/c1-14(2)5-7-17(8-6-14)11-4-3-10(13(15)16-19)9-12(11)18(20)21/h3-4,9,19H,5-8H2,1-2H3,(H2,15,16). The minimum absolute atomic E-state index is 0.0150. The highest BCUT2D eigenvalue weighted by atomic mass is 16.6. The van der Waals surface area contributed by atoms with Gasteiger partial charge in [0, 0.05) is 24.7 Å². The first-order valence-electron chi connectivity index (χ1n) is 6.85. The summed E-state index contributed by atoms with van der Waals surface area (Å²) in [5.41, 5.74) is 6.68. The smallest absolute Gasteiger partial charge is 0.293 e. The molecule has 1 aliphatic rings. The van der Waals surface area contributed by atoms with Crippen LogP contribution in [0.25, 0.3) is 0 Å². The molecule has 114 valence electrons. The molecular weight excluding hydrogens is 272 g/mol. The van der Waals surface area contributed by atoms with Crippen LogP contribution in [0.1, 0.15) is 32.3 Å². The third-order valence-electron chi connectivity index (χ3n) is 4.03. The van der Waals surface area contributed by atoms with Crippen molar-refractivity contribution in [2.75, 3.05) is 18.0 Å². The van der Waals surface area contributed by atoms with Crippen LogP contribution in [-0.4, -0.2) is 29.1 Å². The first-order chi connectivity index (χ1) is 9.84. The van der Waals surface area contributed by atoms with Crippen LogP contribution in [0.2, 0.25) is 0 Å². The number of nitro benzene ring substituents is 1. The lowest BCUT2D eigenvalue weighted by Crippen LogP contribution is -2.37. The van der Waals surface area contributed by atoms with Gasteiger partial charge in [-0.3, -0.25) is 10.1 Å². The maximum Gasteiger partial charge on any atom is 0.293 e. The summed E-state index contributed by atoms with van der Waals surface area (Å²) in [5, 5.41) is 22.8. The lowest BCUT2D eigenvalue weighted by Gasteiger charge is -2.37. The molecule has 21 heavy (non-hydrogen) atoms. The maximum atomic E-state index is 11.3. The summed E-state index contributed by atoms with van der Waals surface area (Å²) in [5.74, 6) is -0.135. The number of rotatable bonds is 3. The molecule has 0 bridgehead atoms. The van der Waals surface area contributed by atoms with Crippen molar-refractivity contribution in [1.29, 1.82) is 0 Å². The summed E-state index contributed by atoms with van der Waals surface area (Å²) in [7, 11) is 0. The first kappa shape index (κ1) is 15.1. The predicted molar refractivity (Wildman–Crippen MR) is 80.8 cm³/mol. The maximum absolute atomic E-state index is 11.3. The topological polar surface area (TPSA) is 105 Å². The number of hydrogen-bond donors (Lipinski definition) is 2. The monoisotopic (exact) mass is 292 g/mol.